The van der Waals surface area contributed by atoms with E-state index in [2.05, 4.69) is 19.2 Å². The van der Waals surface area contributed by atoms with Gasteiger partial charge in [0, 0.05) is 0 Å². The fraction of sp³-hybridized carbons (Fsp3) is 0.600. The Hall–Kier alpha value is -0.0431. The van der Waals surface area contributed by atoms with Crippen LogP contribution >= 0.6 is 0 Å². The largest absolute Gasteiger partial charge is 0.107 e. The van der Waals surface area contributed by atoms with Crippen LogP contribution < -0.4 is 0 Å². The van der Waals surface area contributed by atoms with E-state index in [0.29, 0.717) is 0 Å². The van der Waals surface area contributed by atoms with Crippen molar-refractivity contribution in [1.29, 1.82) is 0 Å². The first-order valence-corrected chi connectivity index (χ1v) is 4.62. The molecule has 0 radical (unpaired) electrons. The molecule has 0 aliphatic carbocycles. The highest BCUT2D eigenvalue weighted by Gasteiger charge is 2.30. The van der Waals surface area contributed by atoms with E-state index in [9.17, 15) is 0 Å². The van der Waals surface area contributed by atoms with Gasteiger partial charge in [-0.1, -0.05) is 13.0 Å². The molecule has 34 valence electrons. The van der Waals surface area contributed by atoms with E-state index >= 15 is 0 Å². The molecule has 0 aromatic rings. The summed E-state index contributed by atoms with van der Waals surface area (Å²) in [6, 6.07) is 1.52. The lowest BCUT2D eigenvalue weighted by atomic mass is 10.6. The van der Waals surface area contributed by atoms with Crippen LogP contribution in [-0.4, -0.2) is 8.80 Å². The van der Waals surface area contributed by atoms with Crippen LogP contribution in [0.3, 0.4) is 0 Å². The van der Waals surface area contributed by atoms with Crippen molar-refractivity contribution in [1.82, 2.24) is 0 Å². The summed E-state index contributed by atoms with van der Waals surface area (Å²) in [5.74, 6) is 0. The molecule has 6 heavy (non-hydrogen) atoms. The van der Waals surface area contributed by atoms with Crippen molar-refractivity contribution in [3.05, 3.63) is 12.3 Å². The predicted molar refractivity (Wildman–Crippen MR) is 31.6 cm³/mol. The van der Waals surface area contributed by atoms with Gasteiger partial charge in [0.25, 0.3) is 0 Å². The second kappa shape index (κ2) is 1.23. The van der Waals surface area contributed by atoms with Gasteiger partial charge in [-0.2, -0.15) is 0 Å². The molecule has 1 aliphatic heterocycles. The zero-order valence-electron chi connectivity index (χ0n) is 4.15. The van der Waals surface area contributed by atoms with E-state index in [1.165, 1.54) is 6.04 Å². The van der Waals surface area contributed by atoms with Crippen molar-refractivity contribution in [2.24, 2.45) is 0 Å². The molecule has 0 saturated carbocycles. The zero-order chi connectivity index (χ0) is 4.57. The normalized spacial score (nSPS) is 42.2. The highest BCUT2D eigenvalue weighted by atomic mass is 28.3. The second-order valence-electron chi connectivity index (χ2n) is 2.11. The van der Waals surface area contributed by atoms with Crippen molar-refractivity contribution in [3.63, 3.8) is 0 Å². The SMILES string of the molecule is C=C[SiH]1CC1C. The molecule has 1 fully saturated rings. The Morgan fingerprint density at radius 1 is 2.00 bits per heavy atom. The molecular weight excluding hydrogens is 88.1 g/mol. The lowest BCUT2D eigenvalue weighted by molar-refractivity contribution is 1.21. The van der Waals surface area contributed by atoms with Gasteiger partial charge in [0.2, 0.25) is 0 Å². The molecule has 1 heterocycles. The lowest BCUT2D eigenvalue weighted by Gasteiger charge is -1.69. The summed E-state index contributed by atoms with van der Waals surface area (Å²) in [6.45, 7) is 6.05. The summed E-state index contributed by atoms with van der Waals surface area (Å²) < 4.78 is 0. The van der Waals surface area contributed by atoms with Crippen LogP contribution in [0.1, 0.15) is 6.92 Å². The summed E-state index contributed by atoms with van der Waals surface area (Å²) >= 11 is 0. The quantitative estimate of drug-likeness (QED) is 0.434. The summed E-state index contributed by atoms with van der Waals surface area (Å²) in [5.41, 5.74) is 3.27. The third kappa shape index (κ3) is 0.546. The van der Waals surface area contributed by atoms with E-state index in [1.54, 1.807) is 0 Å². The Labute approximate surface area is 40.5 Å². The highest BCUT2D eigenvalue weighted by Crippen LogP contribution is 2.36. The summed E-state index contributed by atoms with van der Waals surface area (Å²) in [7, 11) is -0.230. The monoisotopic (exact) mass is 98.1 g/mol. The van der Waals surface area contributed by atoms with Gasteiger partial charge < -0.3 is 0 Å². The highest BCUT2D eigenvalue weighted by molar-refractivity contribution is 6.76. The van der Waals surface area contributed by atoms with Gasteiger partial charge in [0.05, 0.1) is 8.80 Å². The molecule has 1 aliphatic rings. The fourth-order valence-corrected chi connectivity index (χ4v) is 2.51. The summed E-state index contributed by atoms with van der Waals surface area (Å²) in [5, 5.41) is 0. The van der Waals surface area contributed by atoms with Crippen LogP contribution in [-0.2, 0) is 0 Å². The first-order chi connectivity index (χ1) is 2.84. The number of hydrogen-bond acceptors (Lipinski definition) is 0. The van der Waals surface area contributed by atoms with Gasteiger partial charge in [0.15, 0.2) is 0 Å². The van der Waals surface area contributed by atoms with Gasteiger partial charge in [-0.15, -0.1) is 12.3 Å². The van der Waals surface area contributed by atoms with Crippen LogP contribution in [0.2, 0.25) is 11.6 Å². The van der Waals surface area contributed by atoms with E-state index in [1.807, 2.05) is 0 Å². The molecular formula is C5H10Si. The van der Waals surface area contributed by atoms with Crippen LogP contribution in [0.4, 0.5) is 0 Å². The molecule has 1 saturated heterocycles. The first kappa shape index (κ1) is 4.12. The van der Waals surface area contributed by atoms with Crippen molar-refractivity contribution in [2.45, 2.75) is 18.5 Å². The van der Waals surface area contributed by atoms with E-state index in [0.717, 1.165) is 5.54 Å². The molecule has 0 aromatic heterocycles. The third-order valence-corrected chi connectivity index (χ3v) is 4.42. The van der Waals surface area contributed by atoms with Crippen molar-refractivity contribution in [3.8, 4) is 0 Å². The maximum absolute atomic E-state index is 3.73. The smallest absolute Gasteiger partial charge is 0.0632 e. The van der Waals surface area contributed by atoms with Gasteiger partial charge in [0.1, 0.15) is 0 Å². The minimum atomic E-state index is -0.230. The van der Waals surface area contributed by atoms with Gasteiger partial charge in [-0.25, -0.2) is 0 Å². The van der Waals surface area contributed by atoms with Crippen molar-refractivity contribution < 1.29 is 0 Å². The standard InChI is InChI=1S/C5H10Si/c1-3-6-4-5(6)2/h3,5-6H,1,4H2,2H3. The average molecular weight is 98.2 g/mol. The number of rotatable bonds is 1. The maximum Gasteiger partial charge on any atom is 0.0632 e. The topological polar surface area (TPSA) is 0 Å². The van der Waals surface area contributed by atoms with Gasteiger partial charge >= 0.3 is 0 Å². The Morgan fingerprint density at radius 3 is 2.50 bits per heavy atom. The van der Waals surface area contributed by atoms with Crippen LogP contribution in [0.15, 0.2) is 12.3 Å². The van der Waals surface area contributed by atoms with Gasteiger partial charge in [-0.3, -0.25) is 0 Å². The molecule has 0 amide bonds. The summed E-state index contributed by atoms with van der Waals surface area (Å²) in [4.78, 5) is 0. The summed E-state index contributed by atoms with van der Waals surface area (Å²) in [6.07, 6.45) is 0. The second-order valence-corrected chi connectivity index (χ2v) is 5.52. The van der Waals surface area contributed by atoms with Crippen molar-refractivity contribution >= 4 is 8.80 Å². The third-order valence-electron chi connectivity index (χ3n) is 1.47. The Bertz CT molecular complexity index is 68.3. The molecule has 0 N–H and O–H groups in total. The van der Waals surface area contributed by atoms with Crippen LogP contribution in [0.25, 0.3) is 0 Å². The molecule has 2 unspecified atom stereocenters. The molecule has 1 rings (SSSR count). The van der Waals surface area contributed by atoms with E-state index < -0.39 is 0 Å². The lowest BCUT2D eigenvalue weighted by Crippen LogP contribution is -1.75. The minimum absolute atomic E-state index is 0.230. The van der Waals surface area contributed by atoms with Gasteiger partial charge in [-0.05, 0) is 5.54 Å². The first-order valence-electron chi connectivity index (χ1n) is 2.47. The predicted octanol–water partition coefficient (Wildman–Crippen LogP) is 1.34. The Balaban J connectivity index is 2.25. The van der Waals surface area contributed by atoms with Crippen LogP contribution in [0, 0.1) is 0 Å². The molecule has 0 bridgehead atoms. The minimum Gasteiger partial charge on any atom is -0.107 e. The van der Waals surface area contributed by atoms with E-state index in [4.69, 9.17) is 0 Å². The Morgan fingerprint density at radius 2 is 2.50 bits per heavy atom. The molecule has 0 spiro atoms. The van der Waals surface area contributed by atoms with Crippen molar-refractivity contribution in [2.75, 3.05) is 0 Å². The van der Waals surface area contributed by atoms with Crippen LogP contribution in [0.5, 0.6) is 0 Å². The number of hydrogen-bond donors (Lipinski definition) is 0. The molecule has 0 nitrogen and oxygen atoms in total. The maximum atomic E-state index is 3.73. The molecule has 0 aromatic carbocycles. The zero-order valence-corrected chi connectivity index (χ0v) is 5.30. The Kier molecular flexibility index (Phi) is 0.843. The average Bonchev–Trinajstić information content (AvgIpc) is 2.19. The van der Waals surface area contributed by atoms with E-state index in [-0.39, 0.29) is 8.80 Å². The molecule has 2 atom stereocenters. The molecule has 1 heteroatoms. The fourth-order valence-electron chi connectivity index (χ4n) is 0.679.